The average molecular weight is 525 g/mol. The Hall–Kier alpha value is -4.38. The van der Waals surface area contributed by atoms with Gasteiger partial charge in [0.15, 0.2) is 5.03 Å². The van der Waals surface area contributed by atoms with Crippen molar-refractivity contribution in [3.63, 3.8) is 0 Å². The van der Waals surface area contributed by atoms with Gasteiger partial charge in [0.05, 0.1) is 5.69 Å². The number of carbonyl (C=O) groups is 1. The molecule has 3 N–H and O–H groups in total. The molecule has 2 heterocycles. The Kier molecular flexibility index (Phi) is 6.90. The van der Waals surface area contributed by atoms with Crippen LogP contribution in [0.1, 0.15) is 27.0 Å². The first-order valence-electron chi connectivity index (χ1n) is 11.0. The van der Waals surface area contributed by atoms with Gasteiger partial charge in [0.2, 0.25) is 5.88 Å². The lowest BCUT2D eigenvalue weighted by atomic mass is 10.1. The molecule has 0 spiro atoms. The maximum absolute atomic E-state index is 13.8. The van der Waals surface area contributed by atoms with Crippen molar-refractivity contribution in [2.24, 2.45) is 0 Å². The van der Waals surface area contributed by atoms with Crippen molar-refractivity contribution in [2.45, 2.75) is 25.8 Å². The van der Waals surface area contributed by atoms with Crippen molar-refractivity contribution in [3.8, 4) is 22.9 Å². The summed E-state index contributed by atoms with van der Waals surface area (Å²) in [4.78, 5) is 21.2. The molecule has 8 nitrogen and oxygen atoms in total. The van der Waals surface area contributed by atoms with E-state index in [1.807, 2.05) is 23.8 Å². The highest BCUT2D eigenvalue weighted by Gasteiger charge is 2.25. The highest BCUT2D eigenvalue weighted by Crippen LogP contribution is 2.33. The molecule has 2 aromatic carbocycles. The molecule has 0 saturated heterocycles. The second-order valence-corrected chi connectivity index (χ2v) is 10.0. The molecular formula is C26H22F2N4O4S. The zero-order chi connectivity index (χ0) is 26.9. The first-order valence-corrected chi connectivity index (χ1v) is 12.4. The Morgan fingerprint density at radius 3 is 2.19 bits per heavy atom. The SMILES string of the molecule is Cc1cc(C)c(Oc2nc(-c3cc(F)cc(F)c3)ccc2C(=O)NS(=O)(=O)c2cccc(N)n2)c(C)c1. The molecule has 0 saturated carbocycles. The molecule has 0 bridgehead atoms. The molecular weight excluding hydrogens is 502 g/mol. The summed E-state index contributed by atoms with van der Waals surface area (Å²) in [6.45, 7) is 5.52. The van der Waals surface area contributed by atoms with E-state index in [0.717, 1.165) is 34.9 Å². The van der Waals surface area contributed by atoms with Crippen molar-refractivity contribution in [2.75, 3.05) is 5.73 Å². The second kappa shape index (κ2) is 9.94. The number of nitrogens with two attached hydrogens (primary N) is 1. The predicted octanol–water partition coefficient (Wildman–Crippen LogP) is 4.84. The standard InChI is InChI=1S/C26H22F2N4O4S/c1-14-9-15(2)24(16(3)10-14)36-26-20(7-8-21(30-26)17-11-18(27)13-19(28)12-17)25(33)32-37(34,35)23-6-4-5-22(29)31-23/h4-13H,1-3H3,(H2,29,31)(H,32,33). The fourth-order valence-corrected chi connectivity index (χ4v) is 4.73. The fourth-order valence-electron chi connectivity index (χ4n) is 3.79. The largest absolute Gasteiger partial charge is 0.438 e. The summed E-state index contributed by atoms with van der Waals surface area (Å²) in [7, 11) is -4.39. The van der Waals surface area contributed by atoms with E-state index in [2.05, 4.69) is 9.97 Å². The van der Waals surface area contributed by atoms with E-state index in [-0.39, 0.29) is 28.5 Å². The average Bonchev–Trinajstić information content (AvgIpc) is 2.80. The number of nitrogens with zero attached hydrogens (tertiary/aromatic N) is 2. The van der Waals surface area contributed by atoms with Gasteiger partial charge in [0, 0.05) is 11.6 Å². The maximum Gasteiger partial charge on any atom is 0.281 e. The highest BCUT2D eigenvalue weighted by molar-refractivity contribution is 7.90. The van der Waals surface area contributed by atoms with Gasteiger partial charge in [0.25, 0.3) is 15.9 Å². The van der Waals surface area contributed by atoms with E-state index in [4.69, 9.17) is 10.5 Å². The van der Waals surface area contributed by atoms with Crippen LogP contribution in [0.4, 0.5) is 14.6 Å². The molecule has 0 radical (unpaired) electrons. The van der Waals surface area contributed by atoms with Crippen molar-refractivity contribution in [1.82, 2.24) is 14.7 Å². The number of anilines is 1. The van der Waals surface area contributed by atoms with E-state index in [0.29, 0.717) is 5.75 Å². The molecule has 0 aliphatic carbocycles. The number of halogens is 2. The van der Waals surface area contributed by atoms with Gasteiger partial charge in [-0.05, 0) is 68.3 Å². The number of benzene rings is 2. The number of hydrogen-bond donors (Lipinski definition) is 2. The lowest BCUT2D eigenvalue weighted by Gasteiger charge is -2.16. The Balaban J connectivity index is 1.80. The quantitative estimate of drug-likeness (QED) is 0.370. The molecule has 0 atom stereocenters. The van der Waals surface area contributed by atoms with Gasteiger partial charge in [-0.2, -0.15) is 8.42 Å². The van der Waals surface area contributed by atoms with E-state index < -0.39 is 32.6 Å². The summed E-state index contributed by atoms with van der Waals surface area (Å²) < 4.78 is 61.1. The third-order valence-electron chi connectivity index (χ3n) is 5.31. The predicted molar refractivity (Wildman–Crippen MR) is 134 cm³/mol. The monoisotopic (exact) mass is 524 g/mol. The van der Waals surface area contributed by atoms with Crippen molar-refractivity contribution < 1.29 is 26.7 Å². The molecule has 0 aliphatic heterocycles. The van der Waals surface area contributed by atoms with E-state index >= 15 is 0 Å². The van der Waals surface area contributed by atoms with Crippen LogP contribution < -0.4 is 15.2 Å². The van der Waals surface area contributed by atoms with Gasteiger partial charge in [-0.25, -0.2) is 23.5 Å². The maximum atomic E-state index is 13.8. The summed E-state index contributed by atoms with van der Waals surface area (Å²) in [6.07, 6.45) is 0. The number of sulfonamides is 1. The Morgan fingerprint density at radius 1 is 0.919 bits per heavy atom. The topological polar surface area (TPSA) is 124 Å². The van der Waals surface area contributed by atoms with Gasteiger partial charge < -0.3 is 10.5 Å². The van der Waals surface area contributed by atoms with Crippen LogP contribution in [0, 0.1) is 32.4 Å². The molecule has 0 aliphatic rings. The first-order chi connectivity index (χ1) is 17.4. The number of nitrogen functional groups attached to an aromatic ring is 1. The number of nitrogens with one attached hydrogen (secondary N) is 1. The minimum Gasteiger partial charge on any atom is -0.438 e. The Labute approximate surface area is 212 Å². The fraction of sp³-hybridized carbons (Fsp3) is 0.115. The van der Waals surface area contributed by atoms with Crippen LogP contribution in [0.15, 0.2) is 65.7 Å². The van der Waals surface area contributed by atoms with Gasteiger partial charge in [-0.1, -0.05) is 23.8 Å². The van der Waals surface area contributed by atoms with Crippen LogP contribution in [0.2, 0.25) is 0 Å². The lowest BCUT2D eigenvalue weighted by molar-refractivity contribution is 0.0978. The molecule has 190 valence electrons. The minimum absolute atomic E-state index is 0.0435. The van der Waals surface area contributed by atoms with E-state index in [1.165, 1.54) is 30.3 Å². The van der Waals surface area contributed by atoms with Gasteiger partial charge in [-0.3, -0.25) is 4.79 Å². The van der Waals surface area contributed by atoms with Gasteiger partial charge >= 0.3 is 0 Å². The third kappa shape index (κ3) is 5.72. The lowest BCUT2D eigenvalue weighted by Crippen LogP contribution is -2.31. The number of ether oxygens (including phenoxy) is 1. The molecule has 0 unspecified atom stereocenters. The number of amides is 1. The summed E-state index contributed by atoms with van der Waals surface area (Å²) >= 11 is 0. The van der Waals surface area contributed by atoms with E-state index in [1.54, 1.807) is 13.8 Å². The third-order valence-corrected chi connectivity index (χ3v) is 6.55. The number of aromatic nitrogens is 2. The molecule has 1 amide bonds. The number of carbonyl (C=O) groups excluding carboxylic acids is 1. The summed E-state index contributed by atoms with van der Waals surface area (Å²) in [6, 6.07) is 13.2. The minimum atomic E-state index is -4.39. The zero-order valence-electron chi connectivity index (χ0n) is 20.0. The van der Waals surface area contributed by atoms with Crippen LogP contribution in [-0.4, -0.2) is 24.3 Å². The summed E-state index contributed by atoms with van der Waals surface area (Å²) in [5.74, 6) is -2.58. The first kappa shape index (κ1) is 25.7. The van der Waals surface area contributed by atoms with E-state index in [9.17, 15) is 22.0 Å². The Morgan fingerprint density at radius 2 is 1.57 bits per heavy atom. The molecule has 11 heteroatoms. The highest BCUT2D eigenvalue weighted by atomic mass is 32.2. The summed E-state index contributed by atoms with van der Waals surface area (Å²) in [5.41, 5.74) is 8.01. The van der Waals surface area contributed by atoms with Crippen molar-refractivity contribution in [1.29, 1.82) is 0 Å². The number of pyridine rings is 2. The molecule has 4 aromatic rings. The zero-order valence-corrected chi connectivity index (χ0v) is 20.9. The van der Waals surface area contributed by atoms with Crippen LogP contribution in [0.5, 0.6) is 11.6 Å². The van der Waals surface area contributed by atoms with Crippen LogP contribution >= 0.6 is 0 Å². The molecule has 0 fully saturated rings. The normalized spacial score (nSPS) is 11.3. The number of rotatable bonds is 6. The smallest absolute Gasteiger partial charge is 0.281 e. The summed E-state index contributed by atoms with van der Waals surface area (Å²) in [5, 5.41) is -0.451. The van der Waals surface area contributed by atoms with Crippen molar-refractivity contribution >= 4 is 21.7 Å². The Bertz CT molecular complexity index is 1600. The van der Waals surface area contributed by atoms with Crippen LogP contribution in [-0.2, 0) is 10.0 Å². The van der Waals surface area contributed by atoms with Crippen LogP contribution in [0.25, 0.3) is 11.3 Å². The van der Waals surface area contributed by atoms with Crippen molar-refractivity contribution in [3.05, 3.63) is 94.6 Å². The molecule has 2 aromatic heterocycles. The van der Waals surface area contributed by atoms with Gasteiger partial charge in [0.1, 0.15) is 28.8 Å². The molecule has 37 heavy (non-hydrogen) atoms. The second-order valence-electron chi connectivity index (χ2n) is 8.37. The number of hydrogen-bond acceptors (Lipinski definition) is 7. The number of aryl methyl sites for hydroxylation is 3. The van der Waals surface area contributed by atoms with Crippen LogP contribution in [0.3, 0.4) is 0 Å². The van der Waals surface area contributed by atoms with Gasteiger partial charge in [-0.15, -0.1) is 0 Å². The molecule has 4 rings (SSSR count).